The molecule has 172 valence electrons. The lowest BCUT2D eigenvalue weighted by molar-refractivity contribution is 0.0942. The van der Waals surface area contributed by atoms with Crippen molar-refractivity contribution in [3.05, 3.63) is 77.2 Å². The molecule has 0 spiro atoms. The number of carbonyl (C=O) groups is 1. The molecule has 0 bridgehead atoms. The van der Waals surface area contributed by atoms with Crippen LogP contribution in [-0.4, -0.2) is 33.8 Å². The normalized spacial score (nSPS) is 12.8. The minimum Gasteiger partial charge on any atom is -0.389 e. The molecule has 8 nitrogen and oxygen atoms in total. The number of amides is 1. The molecule has 0 fully saturated rings. The van der Waals surface area contributed by atoms with E-state index in [1.807, 2.05) is 25.2 Å². The maximum absolute atomic E-state index is 13.2. The topological polar surface area (TPSA) is 106 Å². The van der Waals surface area contributed by atoms with Crippen molar-refractivity contribution in [2.45, 2.75) is 36.3 Å². The molecule has 2 aromatic carbocycles. The van der Waals surface area contributed by atoms with E-state index in [0.29, 0.717) is 11.3 Å². The monoisotopic (exact) mass is 466 g/mol. The second-order valence-electron chi connectivity index (χ2n) is 8.09. The van der Waals surface area contributed by atoms with Crippen LogP contribution in [0.1, 0.15) is 40.3 Å². The van der Waals surface area contributed by atoms with Crippen LogP contribution in [0.2, 0.25) is 0 Å². The van der Waals surface area contributed by atoms with Crippen LogP contribution in [-0.2, 0) is 30.5 Å². The molecular weight excluding hydrogens is 440 g/mol. The minimum absolute atomic E-state index is 0.0775. The van der Waals surface area contributed by atoms with Gasteiger partial charge >= 0.3 is 0 Å². The second-order valence-corrected chi connectivity index (χ2v) is 10.0. The highest BCUT2D eigenvalue weighted by atomic mass is 32.2. The fraction of sp³-hybridized carbons (Fsp3) is 0.250. The van der Waals surface area contributed by atoms with Crippen molar-refractivity contribution < 1.29 is 18.3 Å². The number of hydrogen-bond donors (Lipinski definition) is 2. The Morgan fingerprint density at radius 3 is 2.52 bits per heavy atom. The summed E-state index contributed by atoms with van der Waals surface area (Å²) in [7, 11) is -0.321. The quantitative estimate of drug-likeness (QED) is 0.454. The number of sulfone groups is 1. The van der Waals surface area contributed by atoms with Gasteiger partial charge in [-0.1, -0.05) is 30.3 Å². The van der Waals surface area contributed by atoms with Crippen molar-refractivity contribution in [3.8, 4) is 0 Å². The van der Waals surface area contributed by atoms with Gasteiger partial charge in [-0.3, -0.25) is 9.48 Å². The lowest BCUT2D eigenvalue weighted by Crippen LogP contribution is -2.25. The van der Waals surface area contributed by atoms with Crippen LogP contribution in [0.4, 0.5) is 0 Å². The highest BCUT2D eigenvalue weighted by Crippen LogP contribution is 2.27. The fourth-order valence-corrected chi connectivity index (χ4v) is 5.48. The van der Waals surface area contributed by atoms with Crippen molar-refractivity contribution in [1.29, 1.82) is 0 Å². The van der Waals surface area contributed by atoms with Crippen LogP contribution in [0.5, 0.6) is 0 Å². The molecule has 2 aromatic heterocycles. The third-order valence-corrected chi connectivity index (χ3v) is 7.85. The Balaban J connectivity index is 1.61. The van der Waals surface area contributed by atoms with Crippen molar-refractivity contribution in [1.82, 2.24) is 19.7 Å². The predicted molar refractivity (Wildman–Crippen MR) is 125 cm³/mol. The SMILES string of the molecule is Cc1c(S(=O)(=O)c2ccc(C(C)O)cc2)cc(C(=O)NCc2cccc3cnn(C)c23)n1C. The highest BCUT2D eigenvalue weighted by molar-refractivity contribution is 7.91. The lowest BCUT2D eigenvalue weighted by Gasteiger charge is -2.09. The number of fused-ring (bicyclic) bond motifs is 1. The first-order valence-corrected chi connectivity index (χ1v) is 12.0. The fourth-order valence-electron chi connectivity index (χ4n) is 3.94. The first kappa shape index (κ1) is 22.8. The molecule has 2 heterocycles. The zero-order valence-electron chi connectivity index (χ0n) is 18.9. The first-order valence-electron chi connectivity index (χ1n) is 10.5. The highest BCUT2D eigenvalue weighted by Gasteiger charge is 2.26. The number of carbonyl (C=O) groups excluding carboxylic acids is 1. The molecule has 4 aromatic rings. The summed E-state index contributed by atoms with van der Waals surface area (Å²) in [6, 6.07) is 13.3. The van der Waals surface area contributed by atoms with E-state index in [2.05, 4.69) is 10.4 Å². The standard InChI is InChI=1S/C24H26N4O4S/c1-15-22(33(31,32)20-10-8-17(9-11-20)16(2)29)12-21(27(15)3)24(30)25-13-18-6-5-7-19-14-26-28(4)23(18)19/h5-12,14,16,29H,13H2,1-4H3,(H,25,30). The summed E-state index contributed by atoms with van der Waals surface area (Å²) in [5, 5.41) is 17.8. The van der Waals surface area contributed by atoms with E-state index in [1.165, 1.54) is 18.2 Å². The molecule has 0 aliphatic rings. The van der Waals surface area contributed by atoms with E-state index in [1.54, 1.807) is 48.5 Å². The van der Waals surface area contributed by atoms with Gasteiger partial charge in [-0.25, -0.2) is 8.42 Å². The summed E-state index contributed by atoms with van der Waals surface area (Å²) in [6.45, 7) is 3.57. The number of rotatable bonds is 6. The number of nitrogens with one attached hydrogen (secondary N) is 1. The van der Waals surface area contributed by atoms with Gasteiger partial charge in [-0.05, 0) is 43.2 Å². The van der Waals surface area contributed by atoms with Crippen molar-refractivity contribution in [3.63, 3.8) is 0 Å². The van der Waals surface area contributed by atoms with E-state index in [0.717, 1.165) is 16.5 Å². The van der Waals surface area contributed by atoms with E-state index < -0.39 is 15.9 Å². The number of aliphatic hydroxyl groups excluding tert-OH is 1. The van der Waals surface area contributed by atoms with Crippen molar-refractivity contribution in [2.75, 3.05) is 0 Å². The number of aromatic nitrogens is 3. The Hall–Kier alpha value is -3.43. The molecular formula is C24H26N4O4S. The Morgan fingerprint density at radius 1 is 1.15 bits per heavy atom. The average Bonchev–Trinajstić information content (AvgIpc) is 3.32. The van der Waals surface area contributed by atoms with Gasteiger partial charge < -0.3 is 15.0 Å². The molecule has 0 aliphatic carbocycles. The van der Waals surface area contributed by atoms with Gasteiger partial charge in [0.25, 0.3) is 5.91 Å². The predicted octanol–water partition coefficient (Wildman–Crippen LogP) is 3.04. The van der Waals surface area contributed by atoms with Gasteiger partial charge in [-0.15, -0.1) is 0 Å². The zero-order valence-corrected chi connectivity index (χ0v) is 19.7. The maximum atomic E-state index is 13.2. The van der Waals surface area contributed by atoms with Gasteiger partial charge in [0.2, 0.25) is 9.84 Å². The Kier molecular flexibility index (Phi) is 5.85. The maximum Gasteiger partial charge on any atom is 0.268 e. The molecule has 0 saturated heterocycles. The summed E-state index contributed by atoms with van der Waals surface area (Å²) in [5.41, 5.74) is 3.20. The summed E-state index contributed by atoms with van der Waals surface area (Å²) >= 11 is 0. The smallest absolute Gasteiger partial charge is 0.268 e. The number of aryl methyl sites for hydroxylation is 1. The largest absolute Gasteiger partial charge is 0.389 e. The van der Waals surface area contributed by atoms with E-state index in [4.69, 9.17) is 0 Å². The van der Waals surface area contributed by atoms with Crippen LogP contribution in [0.15, 0.2) is 64.5 Å². The molecule has 1 atom stereocenters. The average molecular weight is 467 g/mol. The summed E-state index contributed by atoms with van der Waals surface area (Å²) in [4.78, 5) is 13.2. The number of hydrogen-bond acceptors (Lipinski definition) is 5. The van der Waals surface area contributed by atoms with Crippen molar-refractivity contribution >= 4 is 26.6 Å². The molecule has 4 rings (SSSR count). The van der Waals surface area contributed by atoms with Crippen LogP contribution >= 0.6 is 0 Å². The van der Waals surface area contributed by atoms with Gasteiger partial charge in [-0.2, -0.15) is 5.10 Å². The van der Waals surface area contributed by atoms with Gasteiger partial charge in [0.15, 0.2) is 0 Å². The van der Waals surface area contributed by atoms with Crippen LogP contribution in [0.25, 0.3) is 10.9 Å². The van der Waals surface area contributed by atoms with Crippen molar-refractivity contribution in [2.24, 2.45) is 14.1 Å². The molecule has 2 N–H and O–H groups in total. The van der Waals surface area contributed by atoms with E-state index >= 15 is 0 Å². The number of benzene rings is 2. The molecule has 1 unspecified atom stereocenters. The zero-order chi connectivity index (χ0) is 23.9. The number of para-hydroxylation sites is 1. The Bertz CT molecular complexity index is 1450. The van der Waals surface area contributed by atoms with Gasteiger partial charge in [0.05, 0.1) is 27.6 Å². The Labute approximate surface area is 192 Å². The number of aliphatic hydroxyl groups is 1. The van der Waals surface area contributed by atoms with E-state index in [9.17, 15) is 18.3 Å². The van der Waals surface area contributed by atoms with E-state index in [-0.39, 0.29) is 27.9 Å². The molecule has 33 heavy (non-hydrogen) atoms. The van der Waals surface area contributed by atoms with Crippen LogP contribution in [0, 0.1) is 6.92 Å². The molecule has 9 heteroatoms. The molecule has 0 saturated carbocycles. The summed E-state index contributed by atoms with van der Waals surface area (Å²) < 4.78 is 29.8. The van der Waals surface area contributed by atoms with Gasteiger partial charge in [0.1, 0.15) is 5.69 Å². The third kappa shape index (κ3) is 4.05. The minimum atomic E-state index is -3.84. The van der Waals surface area contributed by atoms with Gasteiger partial charge in [0, 0.05) is 31.7 Å². The third-order valence-electron chi connectivity index (χ3n) is 5.97. The molecule has 1 amide bonds. The summed E-state index contributed by atoms with van der Waals surface area (Å²) in [6.07, 6.45) is 1.08. The molecule has 0 radical (unpaired) electrons. The summed E-state index contributed by atoms with van der Waals surface area (Å²) in [5.74, 6) is -0.370. The lowest BCUT2D eigenvalue weighted by atomic mass is 10.1. The van der Waals surface area contributed by atoms with Crippen LogP contribution in [0.3, 0.4) is 0 Å². The number of nitrogens with zero attached hydrogens (tertiary/aromatic N) is 3. The second kappa shape index (κ2) is 8.49. The van der Waals surface area contributed by atoms with Crippen LogP contribution < -0.4 is 5.32 Å². The first-order chi connectivity index (χ1) is 15.6. The molecule has 0 aliphatic heterocycles. The Morgan fingerprint density at radius 2 is 1.85 bits per heavy atom.